The van der Waals surface area contributed by atoms with Crippen LogP contribution >= 0.6 is 15.9 Å². The van der Waals surface area contributed by atoms with E-state index in [0.29, 0.717) is 11.0 Å². The van der Waals surface area contributed by atoms with Gasteiger partial charge < -0.3 is 19.2 Å². The molecule has 1 amide bonds. The van der Waals surface area contributed by atoms with Crippen LogP contribution < -0.4 is 10.1 Å². The van der Waals surface area contributed by atoms with E-state index >= 15 is 0 Å². The molecule has 2 heterocycles. The van der Waals surface area contributed by atoms with Gasteiger partial charge >= 0.3 is 12.3 Å². The first-order valence-electron chi connectivity index (χ1n) is 10.4. The summed E-state index contributed by atoms with van der Waals surface area (Å²) >= 11 is 2.99. The van der Waals surface area contributed by atoms with Crippen molar-refractivity contribution in [1.29, 1.82) is 0 Å². The fourth-order valence-electron chi connectivity index (χ4n) is 3.07. The van der Waals surface area contributed by atoms with Crippen molar-refractivity contribution in [2.75, 3.05) is 5.32 Å². The minimum atomic E-state index is -4.84. The van der Waals surface area contributed by atoms with Gasteiger partial charge in [-0.25, -0.2) is 0 Å². The lowest BCUT2D eigenvalue weighted by Gasteiger charge is -2.12. The van der Waals surface area contributed by atoms with Gasteiger partial charge in [0.1, 0.15) is 11.3 Å². The fraction of sp³-hybridized carbons (Fsp3) is 0.227. The quantitative estimate of drug-likeness (QED) is 0.292. The highest BCUT2D eigenvalue weighted by Gasteiger charge is 2.32. The number of carbonyl (C=O) groups excluding carboxylic acids is 2. The number of aromatic nitrogens is 4. The Hall–Kier alpha value is -3.94. The predicted molar refractivity (Wildman–Crippen MR) is 123 cm³/mol. The lowest BCUT2D eigenvalue weighted by molar-refractivity contribution is -0.274. The topological polar surface area (TPSA) is 121 Å². The highest BCUT2D eigenvalue weighted by Crippen LogP contribution is 2.33. The van der Waals surface area contributed by atoms with E-state index < -0.39 is 30.2 Å². The van der Waals surface area contributed by atoms with E-state index in [0.717, 1.165) is 10.9 Å². The Morgan fingerprint density at radius 1 is 1.19 bits per heavy atom. The van der Waals surface area contributed by atoms with Crippen LogP contribution in [0.3, 0.4) is 0 Å². The Kier molecular flexibility index (Phi) is 6.97. The summed E-state index contributed by atoms with van der Waals surface area (Å²) in [7, 11) is 0. The Morgan fingerprint density at radius 2 is 1.97 bits per heavy atom. The number of benzene rings is 2. The number of esters is 1. The zero-order chi connectivity index (χ0) is 26.0. The molecule has 1 unspecified atom stereocenters. The summed E-state index contributed by atoms with van der Waals surface area (Å²) in [5.41, 5.74) is 0.863. The van der Waals surface area contributed by atoms with Crippen molar-refractivity contribution in [3.8, 4) is 17.3 Å². The summed E-state index contributed by atoms with van der Waals surface area (Å²) in [6.07, 6.45) is -5.39. The van der Waals surface area contributed by atoms with Crippen LogP contribution in [-0.2, 0) is 9.53 Å². The number of nitrogens with one attached hydrogen (secondary N) is 1. The summed E-state index contributed by atoms with van der Waals surface area (Å²) in [5, 5.41) is 15.2. The number of carbonyl (C=O) groups is 2. The zero-order valence-corrected chi connectivity index (χ0v) is 20.3. The van der Waals surface area contributed by atoms with Gasteiger partial charge in [0.15, 0.2) is 5.76 Å². The van der Waals surface area contributed by atoms with Gasteiger partial charge in [-0.2, -0.15) is 0 Å². The maximum absolute atomic E-state index is 12.7. The average Bonchev–Trinajstić information content (AvgIpc) is 3.46. The van der Waals surface area contributed by atoms with E-state index in [2.05, 4.69) is 41.4 Å². The number of hydrogen-bond donors (Lipinski definition) is 1. The number of amides is 1. The molecule has 0 bridgehead atoms. The third-order valence-corrected chi connectivity index (χ3v) is 5.38. The average molecular weight is 568 g/mol. The van der Waals surface area contributed by atoms with Crippen LogP contribution in [0.5, 0.6) is 5.75 Å². The largest absolute Gasteiger partial charge is 0.573 e. The highest BCUT2D eigenvalue weighted by molar-refractivity contribution is 9.10. The Morgan fingerprint density at radius 3 is 2.67 bits per heavy atom. The maximum Gasteiger partial charge on any atom is 0.573 e. The molecule has 14 heteroatoms. The Balaban J connectivity index is 1.49. The van der Waals surface area contributed by atoms with Gasteiger partial charge in [0.05, 0.1) is 4.47 Å². The number of furan rings is 1. The molecule has 0 aliphatic rings. The van der Waals surface area contributed by atoms with Gasteiger partial charge in [-0.1, -0.05) is 13.0 Å². The summed E-state index contributed by atoms with van der Waals surface area (Å²) in [4.78, 5) is 25.3. The number of rotatable bonds is 7. The van der Waals surface area contributed by atoms with Crippen molar-refractivity contribution in [3.63, 3.8) is 0 Å². The summed E-state index contributed by atoms with van der Waals surface area (Å²) in [6, 6.07) is 10.0. The third-order valence-electron chi connectivity index (χ3n) is 4.76. The Labute approximate surface area is 209 Å². The summed E-state index contributed by atoms with van der Waals surface area (Å²) in [5.74, 6) is -0.918. The molecule has 0 radical (unpaired) electrons. The summed E-state index contributed by atoms with van der Waals surface area (Å²) < 4.78 is 52.1. The number of anilines is 1. The number of alkyl halides is 3. The molecule has 1 atom stereocenters. The maximum atomic E-state index is 12.7. The van der Waals surface area contributed by atoms with Crippen LogP contribution in [0.1, 0.15) is 36.9 Å². The van der Waals surface area contributed by atoms with Crippen LogP contribution in [0, 0.1) is 0 Å². The molecule has 4 rings (SSSR count). The molecule has 1 N–H and O–H groups in total. The van der Waals surface area contributed by atoms with E-state index in [1.165, 1.54) is 18.2 Å². The van der Waals surface area contributed by atoms with E-state index in [9.17, 15) is 22.8 Å². The second kappa shape index (κ2) is 9.97. The first kappa shape index (κ1) is 25.2. The van der Waals surface area contributed by atoms with E-state index in [1.807, 2.05) is 0 Å². The second-order valence-corrected chi connectivity index (χ2v) is 8.24. The van der Waals surface area contributed by atoms with Gasteiger partial charge in [0, 0.05) is 23.1 Å². The molecule has 0 spiro atoms. The zero-order valence-electron chi connectivity index (χ0n) is 18.7. The molecule has 0 aliphatic heterocycles. The first-order valence-corrected chi connectivity index (χ1v) is 11.2. The molecule has 36 heavy (non-hydrogen) atoms. The highest BCUT2D eigenvalue weighted by atomic mass is 79.9. The van der Waals surface area contributed by atoms with Gasteiger partial charge in [-0.3, -0.25) is 9.59 Å². The molecule has 10 nitrogen and oxygen atoms in total. The minimum Gasteiger partial charge on any atom is -0.453 e. The number of tetrazole rings is 1. The lowest BCUT2D eigenvalue weighted by atomic mass is 10.1. The molecule has 2 aromatic heterocycles. The van der Waals surface area contributed by atoms with Crippen LogP contribution in [0.25, 0.3) is 22.6 Å². The van der Waals surface area contributed by atoms with Gasteiger partial charge in [0.2, 0.25) is 12.1 Å². The molecule has 0 fully saturated rings. The molecular weight excluding hydrogens is 551 g/mol. The number of fused-ring (bicyclic) bond motifs is 1. The number of hydrogen-bond acceptors (Lipinski definition) is 8. The van der Waals surface area contributed by atoms with Crippen molar-refractivity contribution in [2.45, 2.75) is 32.9 Å². The van der Waals surface area contributed by atoms with Crippen LogP contribution in [0.4, 0.5) is 18.9 Å². The van der Waals surface area contributed by atoms with Crippen LogP contribution in [0.2, 0.25) is 0 Å². The molecule has 0 saturated heterocycles. The van der Waals surface area contributed by atoms with Crippen molar-refractivity contribution in [3.05, 3.63) is 52.5 Å². The van der Waals surface area contributed by atoms with Crippen molar-refractivity contribution >= 4 is 44.5 Å². The normalized spacial score (nSPS) is 12.4. The minimum absolute atomic E-state index is 0.0167. The van der Waals surface area contributed by atoms with Gasteiger partial charge in [-0.15, -0.1) is 28.2 Å². The van der Waals surface area contributed by atoms with Crippen molar-refractivity contribution in [1.82, 2.24) is 20.2 Å². The molecule has 188 valence electrons. The monoisotopic (exact) mass is 567 g/mol. The molecule has 0 aliphatic carbocycles. The number of halogens is 4. The van der Waals surface area contributed by atoms with Crippen LogP contribution in [0.15, 0.2) is 51.4 Å². The van der Waals surface area contributed by atoms with Gasteiger partial charge in [-0.05, 0) is 64.5 Å². The predicted octanol–water partition coefficient (Wildman–Crippen LogP) is 5.47. The molecular formula is C22H17BrF3N5O5. The SMILES string of the molecule is CCC(=O)OC(C)n1nnc(-c2cc3ccc(C(=O)Nc4ccc(OC(F)(F)F)c(Br)c4)cc3o2)n1. The molecule has 0 saturated carbocycles. The molecule has 2 aromatic carbocycles. The van der Waals surface area contributed by atoms with Gasteiger partial charge in [0.25, 0.3) is 5.91 Å². The fourth-order valence-corrected chi connectivity index (χ4v) is 3.53. The van der Waals surface area contributed by atoms with Crippen molar-refractivity contribution in [2.24, 2.45) is 0 Å². The van der Waals surface area contributed by atoms with E-state index in [-0.39, 0.29) is 33.7 Å². The smallest absolute Gasteiger partial charge is 0.453 e. The van der Waals surface area contributed by atoms with E-state index in [1.54, 1.807) is 32.0 Å². The third kappa shape index (κ3) is 5.82. The number of nitrogens with zero attached hydrogens (tertiary/aromatic N) is 4. The Bertz CT molecular complexity index is 1440. The van der Waals surface area contributed by atoms with Crippen molar-refractivity contribution < 1.29 is 36.7 Å². The number of ether oxygens (including phenoxy) is 2. The first-order chi connectivity index (χ1) is 17.0. The lowest BCUT2D eigenvalue weighted by Crippen LogP contribution is -2.17. The second-order valence-electron chi connectivity index (χ2n) is 7.39. The molecule has 4 aromatic rings. The van der Waals surface area contributed by atoms with Crippen LogP contribution in [-0.4, -0.2) is 38.4 Å². The standard InChI is InChI=1S/C22H17BrF3N5O5/c1-3-19(32)34-11(2)31-29-20(28-30-31)18-8-12-4-5-13(9-17(12)35-18)21(33)27-14-6-7-16(15(23)10-14)36-22(24,25)26/h4-11H,3H2,1-2H3,(H,27,33). The summed E-state index contributed by atoms with van der Waals surface area (Å²) in [6.45, 7) is 3.26. The van der Waals surface area contributed by atoms with E-state index in [4.69, 9.17) is 9.15 Å².